The number of fused-ring (bicyclic) bond motifs is 1. The van der Waals surface area contributed by atoms with Crippen LogP contribution in [0, 0.1) is 0 Å². The molecule has 106 valence electrons. The van der Waals surface area contributed by atoms with Gasteiger partial charge < -0.3 is 15.4 Å². The summed E-state index contributed by atoms with van der Waals surface area (Å²) in [6, 6.07) is 9.25. The Morgan fingerprint density at radius 2 is 2.26 bits per heavy atom. The van der Waals surface area contributed by atoms with E-state index in [9.17, 15) is 0 Å². The molecule has 2 unspecified atom stereocenters. The predicted octanol–water partition coefficient (Wildman–Crippen LogP) is 1.92. The maximum atomic E-state index is 5.01. The summed E-state index contributed by atoms with van der Waals surface area (Å²) < 4.78 is 5.01. The second-order valence-electron chi connectivity index (χ2n) is 5.06. The van der Waals surface area contributed by atoms with E-state index in [1.165, 1.54) is 16.9 Å². The van der Waals surface area contributed by atoms with E-state index in [0.717, 1.165) is 26.2 Å². The molecule has 1 aliphatic heterocycles. The minimum atomic E-state index is 0.501. The van der Waals surface area contributed by atoms with E-state index in [4.69, 9.17) is 4.74 Å². The Kier molecular flexibility index (Phi) is 6.17. The van der Waals surface area contributed by atoms with E-state index in [2.05, 4.69) is 41.8 Å². The van der Waals surface area contributed by atoms with Gasteiger partial charge in [-0.25, -0.2) is 0 Å². The zero-order chi connectivity index (χ0) is 13.5. The number of benzene rings is 1. The molecule has 0 saturated carbocycles. The van der Waals surface area contributed by atoms with Crippen molar-refractivity contribution in [3.8, 4) is 0 Å². The molecule has 0 fully saturated rings. The van der Waals surface area contributed by atoms with Crippen molar-refractivity contribution in [3.63, 3.8) is 0 Å². The smallest absolute Gasteiger partial charge is 0.0587 e. The summed E-state index contributed by atoms with van der Waals surface area (Å²) in [5, 5.41) is 7.68. The van der Waals surface area contributed by atoms with Gasteiger partial charge in [0.2, 0.25) is 0 Å². The first-order valence-electron chi connectivity index (χ1n) is 6.97. The third-order valence-electron chi connectivity index (χ3n) is 3.34. The van der Waals surface area contributed by atoms with Crippen molar-refractivity contribution in [3.05, 3.63) is 29.8 Å². The molecule has 2 N–H and O–H groups in total. The first-order valence-corrected chi connectivity index (χ1v) is 7.85. The van der Waals surface area contributed by atoms with E-state index in [1.807, 2.05) is 11.8 Å². The van der Waals surface area contributed by atoms with Crippen LogP contribution < -0.4 is 10.6 Å². The summed E-state index contributed by atoms with van der Waals surface area (Å²) in [6.45, 7) is 6.00. The third-order valence-corrected chi connectivity index (χ3v) is 4.66. The van der Waals surface area contributed by atoms with Crippen LogP contribution >= 0.6 is 11.8 Å². The normalized spacial score (nSPS) is 19.4. The standard InChI is InChI=1S/C15H24N2OS/c1-12(10-16-7-8-18-2)17-11-14-9-13-5-3-4-6-15(13)19-14/h3-6,12,14,16-17H,7-11H2,1-2H3. The molecule has 19 heavy (non-hydrogen) atoms. The topological polar surface area (TPSA) is 33.3 Å². The van der Waals surface area contributed by atoms with Crippen molar-refractivity contribution in [2.45, 2.75) is 29.5 Å². The lowest BCUT2D eigenvalue weighted by Crippen LogP contribution is -2.40. The van der Waals surface area contributed by atoms with Crippen molar-refractivity contribution >= 4 is 11.8 Å². The van der Waals surface area contributed by atoms with Crippen molar-refractivity contribution in [2.75, 3.05) is 33.4 Å². The molecule has 0 amide bonds. The summed E-state index contributed by atoms with van der Waals surface area (Å²) in [5.41, 5.74) is 1.50. The molecule has 1 aromatic rings. The van der Waals surface area contributed by atoms with E-state index in [0.29, 0.717) is 11.3 Å². The first kappa shape index (κ1) is 14.9. The lowest BCUT2D eigenvalue weighted by Gasteiger charge is -2.17. The summed E-state index contributed by atoms with van der Waals surface area (Å²) in [7, 11) is 1.73. The quantitative estimate of drug-likeness (QED) is 0.713. The highest BCUT2D eigenvalue weighted by molar-refractivity contribution is 8.00. The lowest BCUT2D eigenvalue weighted by molar-refractivity contribution is 0.198. The Morgan fingerprint density at radius 1 is 1.42 bits per heavy atom. The molecule has 0 saturated heterocycles. The van der Waals surface area contributed by atoms with Gasteiger partial charge in [-0.1, -0.05) is 18.2 Å². The monoisotopic (exact) mass is 280 g/mol. The summed E-state index contributed by atoms with van der Waals surface area (Å²) >= 11 is 2.01. The Bertz CT molecular complexity index is 361. The summed E-state index contributed by atoms with van der Waals surface area (Å²) in [6.07, 6.45) is 1.19. The van der Waals surface area contributed by atoms with Crippen molar-refractivity contribution in [1.29, 1.82) is 0 Å². The van der Waals surface area contributed by atoms with Crippen LogP contribution in [-0.2, 0) is 11.2 Å². The van der Waals surface area contributed by atoms with Gasteiger partial charge in [-0.3, -0.25) is 0 Å². The second kappa shape index (κ2) is 7.90. The van der Waals surface area contributed by atoms with Crippen LogP contribution in [0.3, 0.4) is 0 Å². The molecule has 2 atom stereocenters. The van der Waals surface area contributed by atoms with E-state index >= 15 is 0 Å². The SMILES string of the molecule is COCCNCC(C)NCC1Cc2ccccc2S1. The number of thioether (sulfide) groups is 1. The maximum absolute atomic E-state index is 5.01. The Morgan fingerprint density at radius 3 is 3.05 bits per heavy atom. The Hall–Kier alpha value is -0.550. The molecular weight excluding hydrogens is 256 g/mol. The van der Waals surface area contributed by atoms with E-state index in [1.54, 1.807) is 7.11 Å². The van der Waals surface area contributed by atoms with Gasteiger partial charge in [0.15, 0.2) is 0 Å². The number of methoxy groups -OCH3 is 1. The molecule has 1 heterocycles. The predicted molar refractivity (Wildman–Crippen MR) is 82.0 cm³/mol. The summed E-state index contributed by atoms with van der Waals surface area (Å²) in [4.78, 5) is 1.46. The van der Waals surface area contributed by atoms with Gasteiger partial charge in [-0.05, 0) is 25.0 Å². The van der Waals surface area contributed by atoms with E-state index in [-0.39, 0.29) is 0 Å². The molecular formula is C15H24N2OS. The van der Waals surface area contributed by atoms with Gasteiger partial charge >= 0.3 is 0 Å². The average molecular weight is 280 g/mol. The van der Waals surface area contributed by atoms with Crippen LogP contribution in [0.2, 0.25) is 0 Å². The minimum Gasteiger partial charge on any atom is -0.383 e. The molecule has 0 bridgehead atoms. The molecule has 0 radical (unpaired) electrons. The van der Waals surface area contributed by atoms with Crippen LogP contribution in [0.1, 0.15) is 12.5 Å². The zero-order valence-corrected chi connectivity index (χ0v) is 12.6. The number of rotatable bonds is 8. The zero-order valence-electron chi connectivity index (χ0n) is 11.8. The van der Waals surface area contributed by atoms with E-state index < -0.39 is 0 Å². The third kappa shape index (κ3) is 4.80. The van der Waals surface area contributed by atoms with Crippen LogP contribution in [-0.4, -0.2) is 44.6 Å². The molecule has 1 aliphatic rings. The van der Waals surface area contributed by atoms with Gasteiger partial charge in [-0.15, -0.1) is 11.8 Å². The van der Waals surface area contributed by atoms with Crippen molar-refractivity contribution in [2.24, 2.45) is 0 Å². The molecule has 0 spiro atoms. The van der Waals surface area contributed by atoms with Gasteiger partial charge in [0.25, 0.3) is 0 Å². The van der Waals surface area contributed by atoms with Crippen LogP contribution in [0.5, 0.6) is 0 Å². The average Bonchev–Trinajstić information content (AvgIpc) is 2.84. The number of ether oxygens (including phenoxy) is 1. The molecule has 2 rings (SSSR count). The number of nitrogens with one attached hydrogen (secondary N) is 2. The molecule has 0 aliphatic carbocycles. The van der Waals surface area contributed by atoms with Gasteiger partial charge in [-0.2, -0.15) is 0 Å². The minimum absolute atomic E-state index is 0.501. The Labute approximate surface area is 120 Å². The lowest BCUT2D eigenvalue weighted by atomic mass is 10.1. The highest BCUT2D eigenvalue weighted by Gasteiger charge is 2.21. The van der Waals surface area contributed by atoms with Crippen molar-refractivity contribution < 1.29 is 4.74 Å². The second-order valence-corrected chi connectivity index (χ2v) is 6.40. The van der Waals surface area contributed by atoms with Gasteiger partial charge in [0.05, 0.1) is 6.61 Å². The summed E-state index contributed by atoms with van der Waals surface area (Å²) in [5.74, 6) is 0. The fourth-order valence-corrected chi connectivity index (χ4v) is 3.53. The highest BCUT2D eigenvalue weighted by atomic mass is 32.2. The largest absolute Gasteiger partial charge is 0.383 e. The van der Waals surface area contributed by atoms with Gasteiger partial charge in [0, 0.05) is 42.9 Å². The van der Waals surface area contributed by atoms with Crippen LogP contribution in [0.4, 0.5) is 0 Å². The first-order chi connectivity index (χ1) is 9.29. The Balaban J connectivity index is 1.62. The molecule has 3 nitrogen and oxygen atoms in total. The molecule has 4 heteroatoms. The van der Waals surface area contributed by atoms with Crippen LogP contribution in [0.15, 0.2) is 29.2 Å². The number of hydrogen-bond acceptors (Lipinski definition) is 4. The van der Waals surface area contributed by atoms with Gasteiger partial charge in [0.1, 0.15) is 0 Å². The fraction of sp³-hybridized carbons (Fsp3) is 0.600. The number of hydrogen-bond donors (Lipinski definition) is 2. The van der Waals surface area contributed by atoms with Crippen LogP contribution in [0.25, 0.3) is 0 Å². The molecule has 1 aromatic carbocycles. The van der Waals surface area contributed by atoms with Crippen molar-refractivity contribution in [1.82, 2.24) is 10.6 Å². The fourth-order valence-electron chi connectivity index (χ4n) is 2.27. The highest BCUT2D eigenvalue weighted by Crippen LogP contribution is 2.36. The maximum Gasteiger partial charge on any atom is 0.0587 e. The molecule has 0 aromatic heterocycles.